The molecule has 2 atom stereocenters. The summed E-state index contributed by atoms with van der Waals surface area (Å²) in [6.07, 6.45) is 0.341. The molecule has 2 fully saturated rings. The number of hydrogen-bond acceptors (Lipinski definition) is 5. The summed E-state index contributed by atoms with van der Waals surface area (Å²) in [4.78, 5) is 14.7. The zero-order valence-corrected chi connectivity index (χ0v) is 17.3. The van der Waals surface area contributed by atoms with Crippen LogP contribution in [0.3, 0.4) is 0 Å². The summed E-state index contributed by atoms with van der Waals surface area (Å²) in [5.74, 6) is 0.983. The third kappa shape index (κ3) is 4.13. The van der Waals surface area contributed by atoms with E-state index in [0.29, 0.717) is 50.8 Å². The largest absolute Gasteiger partial charge is 0.493 e. The van der Waals surface area contributed by atoms with E-state index in [1.807, 2.05) is 24.3 Å². The lowest BCUT2D eigenvalue weighted by molar-refractivity contribution is -0.122. The first-order chi connectivity index (χ1) is 14.5. The first kappa shape index (κ1) is 20.6. The van der Waals surface area contributed by atoms with Crippen molar-refractivity contribution in [2.45, 2.75) is 24.4 Å². The maximum absolute atomic E-state index is 14.0. The lowest BCUT2D eigenvalue weighted by Gasteiger charge is -2.34. The summed E-state index contributed by atoms with van der Waals surface area (Å²) in [5.41, 5.74) is 1.36. The highest BCUT2D eigenvalue weighted by molar-refractivity contribution is 5.77. The number of likely N-dealkylation sites (tertiary alicyclic amines) is 1. The highest BCUT2D eigenvalue weighted by Gasteiger charge is 2.49. The van der Waals surface area contributed by atoms with Crippen molar-refractivity contribution in [1.82, 2.24) is 10.2 Å². The second kappa shape index (κ2) is 8.62. The van der Waals surface area contributed by atoms with E-state index >= 15 is 0 Å². The molecule has 2 aliphatic heterocycles. The highest BCUT2D eigenvalue weighted by Crippen LogP contribution is 2.39. The quantitative estimate of drug-likeness (QED) is 0.815. The van der Waals surface area contributed by atoms with Crippen molar-refractivity contribution in [3.63, 3.8) is 0 Å². The fourth-order valence-electron chi connectivity index (χ4n) is 4.58. The van der Waals surface area contributed by atoms with Crippen LogP contribution in [0.2, 0.25) is 0 Å². The van der Waals surface area contributed by atoms with Crippen LogP contribution >= 0.6 is 0 Å². The van der Waals surface area contributed by atoms with Crippen LogP contribution in [-0.4, -0.2) is 56.9 Å². The topological polar surface area (TPSA) is 60.0 Å². The molecule has 0 unspecified atom stereocenters. The number of ether oxygens (including phenoxy) is 3. The Hall–Kier alpha value is -2.64. The predicted octanol–water partition coefficient (Wildman–Crippen LogP) is 2.72. The molecule has 7 heteroatoms. The van der Waals surface area contributed by atoms with E-state index < -0.39 is 5.54 Å². The second-order valence-corrected chi connectivity index (χ2v) is 7.97. The molecule has 0 bridgehead atoms. The predicted molar refractivity (Wildman–Crippen MR) is 110 cm³/mol. The van der Waals surface area contributed by atoms with E-state index in [-0.39, 0.29) is 17.6 Å². The van der Waals surface area contributed by atoms with Crippen molar-refractivity contribution >= 4 is 5.91 Å². The van der Waals surface area contributed by atoms with Gasteiger partial charge in [0.25, 0.3) is 0 Å². The summed E-state index contributed by atoms with van der Waals surface area (Å²) in [6.45, 7) is 2.78. The first-order valence-electron chi connectivity index (χ1n) is 10.1. The molecule has 0 aliphatic carbocycles. The number of amides is 1. The van der Waals surface area contributed by atoms with Gasteiger partial charge in [0.05, 0.1) is 33.0 Å². The van der Waals surface area contributed by atoms with Crippen molar-refractivity contribution < 1.29 is 23.4 Å². The van der Waals surface area contributed by atoms with E-state index in [1.54, 1.807) is 26.4 Å². The van der Waals surface area contributed by atoms with Gasteiger partial charge in [0.2, 0.25) is 5.91 Å². The van der Waals surface area contributed by atoms with Gasteiger partial charge in [0.1, 0.15) is 5.82 Å². The Morgan fingerprint density at radius 2 is 2.03 bits per heavy atom. The van der Waals surface area contributed by atoms with Gasteiger partial charge in [-0.1, -0.05) is 18.2 Å². The number of methoxy groups -OCH3 is 2. The molecule has 1 spiro atoms. The monoisotopic (exact) mass is 414 g/mol. The first-order valence-corrected chi connectivity index (χ1v) is 10.1. The molecule has 2 aromatic rings. The van der Waals surface area contributed by atoms with Gasteiger partial charge < -0.3 is 19.5 Å². The van der Waals surface area contributed by atoms with Crippen molar-refractivity contribution in [2.24, 2.45) is 0 Å². The van der Waals surface area contributed by atoms with Gasteiger partial charge in [-0.3, -0.25) is 9.69 Å². The minimum atomic E-state index is -0.585. The maximum atomic E-state index is 14.0. The molecule has 2 heterocycles. The van der Waals surface area contributed by atoms with Crippen molar-refractivity contribution in [2.75, 3.05) is 40.5 Å². The Bertz CT molecular complexity index is 922. The van der Waals surface area contributed by atoms with Crippen LogP contribution in [0.5, 0.6) is 11.5 Å². The number of nitrogens with zero attached hydrogens (tertiary/aromatic N) is 1. The smallest absolute Gasteiger partial charge is 0.222 e. The van der Waals surface area contributed by atoms with E-state index in [0.717, 1.165) is 11.1 Å². The molecular weight excluding hydrogens is 387 g/mol. The molecule has 2 aromatic carbocycles. The van der Waals surface area contributed by atoms with Gasteiger partial charge in [-0.2, -0.15) is 0 Å². The standard InChI is InChI=1S/C23H27FN2O4/c1-28-20-7-6-16(10-21(20)29-2)12-26-13-19(17-4-3-5-18(24)11-17)23(14-26)15-30-9-8-22(27)25-23/h3-7,10-11,19H,8-9,12-15H2,1-2H3,(H,25,27)/t19-,23-/m0/s1. The Morgan fingerprint density at radius 3 is 2.80 bits per heavy atom. The Kier molecular flexibility index (Phi) is 5.92. The molecule has 4 rings (SSSR count). The third-order valence-electron chi connectivity index (χ3n) is 5.94. The van der Waals surface area contributed by atoms with Gasteiger partial charge in [-0.15, -0.1) is 0 Å². The number of halogens is 1. The summed E-state index contributed by atoms with van der Waals surface area (Å²) >= 11 is 0. The number of rotatable bonds is 5. The Morgan fingerprint density at radius 1 is 1.20 bits per heavy atom. The average Bonchev–Trinajstić information content (AvgIpc) is 2.96. The van der Waals surface area contributed by atoms with E-state index in [9.17, 15) is 9.18 Å². The lowest BCUT2D eigenvalue weighted by atomic mass is 9.82. The van der Waals surface area contributed by atoms with Crippen LogP contribution in [0.15, 0.2) is 42.5 Å². The van der Waals surface area contributed by atoms with Crippen LogP contribution < -0.4 is 14.8 Å². The molecule has 2 saturated heterocycles. The van der Waals surface area contributed by atoms with Crippen molar-refractivity contribution in [3.05, 3.63) is 59.4 Å². The van der Waals surface area contributed by atoms with Crippen LogP contribution in [0.1, 0.15) is 23.5 Å². The molecule has 0 aromatic heterocycles. The van der Waals surface area contributed by atoms with Gasteiger partial charge in [0.15, 0.2) is 11.5 Å². The van der Waals surface area contributed by atoms with Crippen LogP contribution in [0.25, 0.3) is 0 Å². The van der Waals surface area contributed by atoms with Gasteiger partial charge in [-0.05, 0) is 35.4 Å². The Labute approximate surface area is 175 Å². The summed E-state index contributed by atoms with van der Waals surface area (Å²) < 4.78 is 30.5. The van der Waals surface area contributed by atoms with E-state index in [2.05, 4.69) is 10.2 Å². The molecular formula is C23H27FN2O4. The Balaban J connectivity index is 1.62. The third-order valence-corrected chi connectivity index (χ3v) is 5.94. The normalized spacial score (nSPS) is 24.5. The highest BCUT2D eigenvalue weighted by atomic mass is 19.1. The van der Waals surface area contributed by atoms with Gasteiger partial charge >= 0.3 is 0 Å². The van der Waals surface area contributed by atoms with Crippen molar-refractivity contribution in [1.29, 1.82) is 0 Å². The van der Waals surface area contributed by atoms with Gasteiger partial charge in [0, 0.05) is 32.0 Å². The van der Waals surface area contributed by atoms with Crippen LogP contribution in [0.4, 0.5) is 4.39 Å². The van der Waals surface area contributed by atoms with Crippen molar-refractivity contribution in [3.8, 4) is 11.5 Å². The minimum Gasteiger partial charge on any atom is -0.493 e. The van der Waals surface area contributed by atoms with E-state index in [4.69, 9.17) is 14.2 Å². The van der Waals surface area contributed by atoms with Gasteiger partial charge in [-0.25, -0.2) is 4.39 Å². The number of carbonyl (C=O) groups excluding carboxylic acids is 1. The second-order valence-electron chi connectivity index (χ2n) is 7.97. The fourth-order valence-corrected chi connectivity index (χ4v) is 4.58. The molecule has 160 valence electrons. The summed E-state index contributed by atoms with van der Waals surface area (Å²) in [5, 5.41) is 3.21. The maximum Gasteiger partial charge on any atom is 0.222 e. The molecule has 6 nitrogen and oxygen atoms in total. The van der Waals surface area contributed by atoms with Crippen LogP contribution in [-0.2, 0) is 16.1 Å². The number of nitrogens with one attached hydrogen (secondary N) is 1. The molecule has 1 amide bonds. The molecule has 0 saturated carbocycles. The summed E-state index contributed by atoms with van der Waals surface area (Å²) in [7, 11) is 3.23. The zero-order valence-electron chi connectivity index (χ0n) is 17.3. The SMILES string of the molecule is COc1ccc(CN2C[C@@H](c3cccc(F)c3)[C@@]3(COCCC(=O)N3)C2)cc1OC. The lowest BCUT2D eigenvalue weighted by Crippen LogP contribution is -2.55. The van der Waals surface area contributed by atoms with Crippen LogP contribution in [0, 0.1) is 5.82 Å². The fraction of sp³-hybridized carbons (Fsp3) is 0.435. The molecule has 1 N–H and O–H groups in total. The average molecular weight is 414 g/mol. The summed E-state index contributed by atoms with van der Waals surface area (Å²) in [6, 6.07) is 12.5. The molecule has 2 aliphatic rings. The molecule has 0 radical (unpaired) electrons. The minimum absolute atomic E-state index is 0.0260. The molecule has 30 heavy (non-hydrogen) atoms. The number of carbonyl (C=O) groups is 1. The zero-order chi connectivity index (χ0) is 21.1. The number of hydrogen-bond donors (Lipinski definition) is 1. The van der Waals surface area contributed by atoms with E-state index in [1.165, 1.54) is 6.07 Å². The number of benzene rings is 2.